The maximum absolute atomic E-state index is 11.9. The molecule has 1 amide bonds. The Hall–Kier alpha value is -1.31. The molecule has 25 heavy (non-hydrogen) atoms. The summed E-state index contributed by atoms with van der Waals surface area (Å²) in [6, 6.07) is 10.5. The van der Waals surface area contributed by atoms with Crippen LogP contribution in [-0.4, -0.2) is 37.0 Å². The van der Waals surface area contributed by atoms with E-state index in [4.69, 9.17) is 0 Å². The van der Waals surface area contributed by atoms with Crippen LogP contribution in [0.15, 0.2) is 35.3 Å². The molecular formula is C19H33IN4O. The van der Waals surface area contributed by atoms with Crippen molar-refractivity contribution < 1.29 is 4.79 Å². The number of nitrogens with zero attached hydrogens (tertiary/aromatic N) is 1. The highest BCUT2D eigenvalue weighted by molar-refractivity contribution is 14.0. The minimum absolute atomic E-state index is 0. The number of carbonyl (C=O) groups excluding carboxylic acids is 1. The first-order valence-corrected chi connectivity index (χ1v) is 8.73. The summed E-state index contributed by atoms with van der Waals surface area (Å²) in [5.74, 6) is 1.02. The molecule has 3 N–H and O–H groups in total. The van der Waals surface area contributed by atoms with Gasteiger partial charge in [-0.15, -0.1) is 24.0 Å². The second kappa shape index (κ2) is 12.1. The maximum atomic E-state index is 11.9. The first-order chi connectivity index (χ1) is 11.4. The lowest BCUT2D eigenvalue weighted by molar-refractivity contribution is -0.121. The van der Waals surface area contributed by atoms with Crippen molar-refractivity contribution in [1.29, 1.82) is 0 Å². The van der Waals surface area contributed by atoms with Gasteiger partial charge in [-0.3, -0.25) is 4.79 Å². The summed E-state index contributed by atoms with van der Waals surface area (Å²) in [7, 11) is 0. The highest BCUT2D eigenvalue weighted by Crippen LogP contribution is 2.17. The van der Waals surface area contributed by atoms with E-state index < -0.39 is 0 Å². The number of rotatable bonds is 7. The zero-order valence-corrected chi connectivity index (χ0v) is 18.4. The molecule has 1 unspecified atom stereocenters. The second-order valence-corrected chi connectivity index (χ2v) is 6.89. The van der Waals surface area contributed by atoms with E-state index >= 15 is 0 Å². The summed E-state index contributed by atoms with van der Waals surface area (Å²) < 4.78 is 0. The largest absolute Gasteiger partial charge is 0.357 e. The number of guanidine groups is 1. The number of benzene rings is 1. The Kier molecular flexibility index (Phi) is 11.5. The number of halogens is 1. The monoisotopic (exact) mass is 460 g/mol. The molecule has 5 nitrogen and oxygen atoms in total. The van der Waals surface area contributed by atoms with E-state index in [2.05, 4.69) is 52.1 Å². The summed E-state index contributed by atoms with van der Waals surface area (Å²) in [5, 5.41) is 9.45. The van der Waals surface area contributed by atoms with Gasteiger partial charge in [0.15, 0.2) is 5.96 Å². The second-order valence-electron chi connectivity index (χ2n) is 6.89. The van der Waals surface area contributed by atoms with Gasteiger partial charge in [-0.2, -0.15) is 0 Å². The average molecular weight is 460 g/mol. The fourth-order valence-electron chi connectivity index (χ4n) is 2.39. The first-order valence-electron chi connectivity index (χ1n) is 8.73. The Morgan fingerprint density at radius 2 is 1.76 bits per heavy atom. The highest BCUT2D eigenvalue weighted by Gasteiger charge is 2.14. The van der Waals surface area contributed by atoms with Crippen LogP contribution in [0.25, 0.3) is 0 Å². The maximum Gasteiger partial charge on any atom is 0.242 e. The average Bonchev–Trinajstić information content (AvgIpc) is 2.52. The Morgan fingerprint density at radius 1 is 1.12 bits per heavy atom. The van der Waals surface area contributed by atoms with E-state index in [0.717, 1.165) is 19.5 Å². The minimum Gasteiger partial charge on any atom is -0.357 e. The quantitative estimate of drug-likeness (QED) is 0.333. The molecule has 0 bridgehead atoms. The van der Waals surface area contributed by atoms with Gasteiger partial charge >= 0.3 is 0 Å². The summed E-state index contributed by atoms with van der Waals surface area (Å²) in [6.07, 6.45) is 1.04. The van der Waals surface area contributed by atoms with Gasteiger partial charge in [-0.25, -0.2) is 4.99 Å². The summed E-state index contributed by atoms with van der Waals surface area (Å²) in [4.78, 5) is 16.3. The normalized spacial score (nSPS) is 12.8. The molecule has 0 aliphatic heterocycles. The fraction of sp³-hybridized carbons (Fsp3) is 0.579. The lowest BCUT2D eigenvalue weighted by Crippen LogP contribution is -2.43. The summed E-state index contributed by atoms with van der Waals surface area (Å²) >= 11 is 0. The van der Waals surface area contributed by atoms with Crippen molar-refractivity contribution in [2.24, 2.45) is 4.99 Å². The van der Waals surface area contributed by atoms with Crippen LogP contribution in [0.1, 0.15) is 52.5 Å². The third-order valence-corrected chi connectivity index (χ3v) is 3.52. The molecule has 0 aliphatic carbocycles. The van der Waals surface area contributed by atoms with Gasteiger partial charge in [0.25, 0.3) is 0 Å². The summed E-state index contributed by atoms with van der Waals surface area (Å²) in [5.41, 5.74) is 1.08. The van der Waals surface area contributed by atoms with Gasteiger partial charge in [0.1, 0.15) is 6.54 Å². The van der Waals surface area contributed by atoms with E-state index in [1.165, 1.54) is 5.56 Å². The van der Waals surface area contributed by atoms with Gasteiger partial charge < -0.3 is 16.0 Å². The molecule has 0 saturated heterocycles. The van der Waals surface area contributed by atoms with E-state index in [-0.39, 0.29) is 42.0 Å². The Labute approximate surface area is 169 Å². The Balaban J connectivity index is 0.00000576. The molecule has 0 spiro atoms. The van der Waals surface area contributed by atoms with Gasteiger partial charge in [0.2, 0.25) is 5.91 Å². The Bertz CT molecular complexity index is 526. The van der Waals surface area contributed by atoms with Crippen LogP contribution in [0.2, 0.25) is 0 Å². The zero-order chi connectivity index (χ0) is 18.0. The molecule has 142 valence electrons. The lowest BCUT2D eigenvalue weighted by atomic mass is 9.97. The number of carbonyl (C=O) groups is 1. The Morgan fingerprint density at radius 3 is 2.28 bits per heavy atom. The molecular weight excluding hydrogens is 427 g/mol. The van der Waals surface area contributed by atoms with Crippen molar-refractivity contribution in [1.82, 2.24) is 16.0 Å². The van der Waals surface area contributed by atoms with Crippen molar-refractivity contribution >= 4 is 35.8 Å². The molecule has 0 radical (unpaired) electrons. The van der Waals surface area contributed by atoms with Crippen LogP contribution in [0, 0.1) is 0 Å². The van der Waals surface area contributed by atoms with Crippen LogP contribution in [-0.2, 0) is 4.79 Å². The fourth-order valence-corrected chi connectivity index (χ4v) is 2.39. The van der Waals surface area contributed by atoms with Crippen molar-refractivity contribution in [2.75, 3.05) is 19.6 Å². The number of hydrogen-bond acceptors (Lipinski definition) is 2. The number of amides is 1. The molecule has 0 aromatic heterocycles. The van der Waals surface area contributed by atoms with E-state index in [1.54, 1.807) is 0 Å². The SMILES string of the molecule is CCNC(=NCC(=O)NC(C)(C)C)NCC(CC)c1ccccc1.I. The molecule has 1 rings (SSSR count). The zero-order valence-electron chi connectivity index (χ0n) is 16.1. The minimum atomic E-state index is -0.237. The molecule has 1 aromatic carbocycles. The van der Waals surface area contributed by atoms with Crippen LogP contribution in [0.3, 0.4) is 0 Å². The van der Waals surface area contributed by atoms with E-state index in [9.17, 15) is 4.79 Å². The van der Waals surface area contributed by atoms with Crippen LogP contribution < -0.4 is 16.0 Å². The predicted octanol–water partition coefficient (Wildman–Crippen LogP) is 3.27. The smallest absolute Gasteiger partial charge is 0.242 e. The molecule has 0 saturated carbocycles. The molecule has 0 heterocycles. The number of hydrogen-bond donors (Lipinski definition) is 3. The number of aliphatic imine (C=N–C) groups is 1. The molecule has 1 aromatic rings. The van der Waals surface area contributed by atoms with Crippen LogP contribution >= 0.6 is 24.0 Å². The first kappa shape index (κ1) is 23.7. The summed E-state index contributed by atoms with van der Waals surface area (Å²) in [6.45, 7) is 11.7. The van der Waals surface area contributed by atoms with Gasteiger partial charge in [0, 0.05) is 24.5 Å². The van der Waals surface area contributed by atoms with Crippen molar-refractivity contribution in [3.63, 3.8) is 0 Å². The van der Waals surface area contributed by atoms with E-state index in [1.807, 2.05) is 33.8 Å². The molecule has 0 aliphatic rings. The van der Waals surface area contributed by atoms with Crippen LogP contribution in [0.4, 0.5) is 0 Å². The van der Waals surface area contributed by atoms with Gasteiger partial charge in [0.05, 0.1) is 0 Å². The third-order valence-electron chi connectivity index (χ3n) is 3.52. The van der Waals surface area contributed by atoms with Crippen molar-refractivity contribution in [3.05, 3.63) is 35.9 Å². The number of nitrogens with one attached hydrogen (secondary N) is 3. The predicted molar refractivity (Wildman–Crippen MR) is 117 cm³/mol. The molecule has 1 atom stereocenters. The third kappa shape index (κ3) is 10.3. The van der Waals surface area contributed by atoms with Gasteiger partial charge in [-0.1, -0.05) is 37.3 Å². The standard InChI is InChI=1S/C19H32N4O.HI/c1-6-15(16-11-9-8-10-12-16)13-21-18(20-7-2)22-14-17(24)23-19(3,4)5;/h8-12,15H,6-7,13-14H2,1-5H3,(H,23,24)(H2,20,21,22);1H. The molecule has 6 heteroatoms. The topological polar surface area (TPSA) is 65.5 Å². The van der Waals surface area contributed by atoms with Crippen molar-refractivity contribution in [2.45, 2.75) is 52.5 Å². The van der Waals surface area contributed by atoms with Crippen LogP contribution in [0.5, 0.6) is 0 Å². The van der Waals surface area contributed by atoms with Gasteiger partial charge in [-0.05, 0) is 39.7 Å². The lowest BCUT2D eigenvalue weighted by Gasteiger charge is -2.20. The molecule has 0 fully saturated rings. The van der Waals surface area contributed by atoms with Crippen molar-refractivity contribution in [3.8, 4) is 0 Å². The highest BCUT2D eigenvalue weighted by atomic mass is 127. The van der Waals surface area contributed by atoms with E-state index in [0.29, 0.717) is 11.9 Å².